The smallest absolute Gasteiger partial charge is 0.305 e. The van der Waals surface area contributed by atoms with Crippen LogP contribution in [0.15, 0.2) is 30.3 Å². The van der Waals surface area contributed by atoms with Crippen LogP contribution >= 0.6 is 0 Å². The van der Waals surface area contributed by atoms with Gasteiger partial charge in [-0.15, -0.1) is 0 Å². The Kier molecular flexibility index (Phi) is 6.73. The Balaban J connectivity index is 2.46. The number of hydrogen-bond donors (Lipinski definition) is 1. The molecule has 1 atom stereocenters. The van der Waals surface area contributed by atoms with Crippen LogP contribution in [0.2, 0.25) is 0 Å². The van der Waals surface area contributed by atoms with E-state index in [1.807, 2.05) is 37.3 Å². The van der Waals surface area contributed by atoms with Gasteiger partial charge in [0.15, 0.2) is 0 Å². The van der Waals surface area contributed by atoms with Crippen molar-refractivity contribution in [1.82, 2.24) is 4.90 Å². The van der Waals surface area contributed by atoms with Gasteiger partial charge < -0.3 is 14.7 Å². The van der Waals surface area contributed by atoms with Gasteiger partial charge in [-0.05, 0) is 19.4 Å². The van der Waals surface area contributed by atoms with E-state index >= 15 is 0 Å². The van der Waals surface area contributed by atoms with Crippen LogP contribution in [0, 0.1) is 0 Å². The quantitative estimate of drug-likeness (QED) is 0.789. The van der Waals surface area contributed by atoms with E-state index in [-0.39, 0.29) is 18.9 Å². The fourth-order valence-corrected chi connectivity index (χ4v) is 1.78. The highest BCUT2D eigenvalue weighted by molar-refractivity contribution is 5.81. The fraction of sp³-hybridized carbons (Fsp3) is 0.467. The summed E-state index contributed by atoms with van der Waals surface area (Å²) in [5.74, 6) is -1.08. The van der Waals surface area contributed by atoms with Crippen LogP contribution in [-0.4, -0.2) is 41.1 Å². The van der Waals surface area contributed by atoms with Gasteiger partial charge in [0, 0.05) is 13.1 Å². The third-order valence-corrected chi connectivity index (χ3v) is 2.98. The number of hydrogen-bond acceptors (Lipinski definition) is 3. The van der Waals surface area contributed by atoms with Crippen LogP contribution in [0.5, 0.6) is 0 Å². The fourth-order valence-electron chi connectivity index (χ4n) is 1.78. The molecule has 0 bridgehead atoms. The maximum Gasteiger partial charge on any atom is 0.305 e. The van der Waals surface area contributed by atoms with Gasteiger partial charge in [-0.1, -0.05) is 30.3 Å². The third kappa shape index (κ3) is 5.40. The first-order valence-electron chi connectivity index (χ1n) is 6.70. The van der Waals surface area contributed by atoms with E-state index in [1.54, 1.807) is 6.92 Å². The largest absolute Gasteiger partial charge is 0.481 e. The minimum absolute atomic E-state index is 0.0506. The SMILES string of the molecule is CCN(CCC(=O)O)C(=O)C(C)OCc1ccccc1. The van der Waals surface area contributed by atoms with Crippen molar-refractivity contribution in [3.63, 3.8) is 0 Å². The van der Waals surface area contributed by atoms with Crippen molar-refractivity contribution in [1.29, 1.82) is 0 Å². The monoisotopic (exact) mass is 279 g/mol. The first-order chi connectivity index (χ1) is 9.54. The highest BCUT2D eigenvalue weighted by Crippen LogP contribution is 2.06. The second kappa shape index (κ2) is 8.32. The first kappa shape index (κ1) is 16.2. The Morgan fingerprint density at radius 2 is 1.95 bits per heavy atom. The molecule has 5 nitrogen and oxygen atoms in total. The van der Waals surface area contributed by atoms with E-state index in [9.17, 15) is 9.59 Å². The lowest BCUT2D eigenvalue weighted by Crippen LogP contribution is -2.40. The van der Waals surface area contributed by atoms with E-state index in [1.165, 1.54) is 4.90 Å². The molecule has 0 saturated carbocycles. The van der Waals surface area contributed by atoms with E-state index < -0.39 is 12.1 Å². The Bertz CT molecular complexity index is 433. The van der Waals surface area contributed by atoms with Crippen molar-refractivity contribution in [2.75, 3.05) is 13.1 Å². The summed E-state index contributed by atoms with van der Waals surface area (Å²) in [7, 11) is 0. The average Bonchev–Trinajstić information content (AvgIpc) is 2.46. The number of carboxylic acids is 1. The number of nitrogens with zero attached hydrogens (tertiary/aromatic N) is 1. The van der Waals surface area contributed by atoms with Gasteiger partial charge in [-0.25, -0.2) is 0 Å². The van der Waals surface area contributed by atoms with E-state index in [0.717, 1.165) is 5.56 Å². The van der Waals surface area contributed by atoms with E-state index in [2.05, 4.69) is 0 Å². The summed E-state index contributed by atoms with van der Waals surface area (Å²) < 4.78 is 5.54. The third-order valence-electron chi connectivity index (χ3n) is 2.98. The lowest BCUT2D eigenvalue weighted by molar-refractivity contribution is -0.144. The second-order valence-electron chi connectivity index (χ2n) is 4.50. The number of benzene rings is 1. The molecule has 1 unspecified atom stereocenters. The Hall–Kier alpha value is -1.88. The number of carbonyl (C=O) groups is 2. The maximum atomic E-state index is 12.1. The zero-order chi connectivity index (χ0) is 15.0. The number of rotatable bonds is 8. The topological polar surface area (TPSA) is 66.8 Å². The van der Waals surface area contributed by atoms with Crippen molar-refractivity contribution >= 4 is 11.9 Å². The minimum atomic E-state index is -0.908. The molecule has 1 aromatic rings. The van der Waals surface area contributed by atoms with E-state index in [0.29, 0.717) is 13.2 Å². The molecule has 0 fully saturated rings. The van der Waals surface area contributed by atoms with Crippen LogP contribution in [-0.2, 0) is 20.9 Å². The van der Waals surface area contributed by atoms with Gasteiger partial charge in [0.2, 0.25) is 0 Å². The maximum absolute atomic E-state index is 12.1. The molecular formula is C15H21NO4. The van der Waals surface area contributed by atoms with Crippen LogP contribution in [0.4, 0.5) is 0 Å². The number of carbonyl (C=O) groups excluding carboxylic acids is 1. The zero-order valence-electron chi connectivity index (χ0n) is 11.9. The molecule has 5 heteroatoms. The van der Waals surface area contributed by atoms with Crippen LogP contribution in [0.1, 0.15) is 25.8 Å². The molecule has 1 aromatic carbocycles. The van der Waals surface area contributed by atoms with Gasteiger partial charge in [-0.2, -0.15) is 0 Å². The van der Waals surface area contributed by atoms with Crippen molar-refractivity contribution in [2.24, 2.45) is 0 Å². The number of aliphatic carboxylic acids is 1. The highest BCUT2D eigenvalue weighted by Gasteiger charge is 2.20. The Morgan fingerprint density at radius 3 is 2.50 bits per heavy atom. The number of ether oxygens (including phenoxy) is 1. The number of carboxylic acid groups (broad SMARTS) is 1. The summed E-state index contributed by atoms with van der Waals surface area (Å²) in [4.78, 5) is 24.2. The molecule has 0 heterocycles. The number of amides is 1. The van der Waals surface area contributed by atoms with Gasteiger partial charge in [0.1, 0.15) is 6.10 Å². The summed E-state index contributed by atoms with van der Waals surface area (Å²) in [6.45, 7) is 4.57. The van der Waals surface area contributed by atoms with Gasteiger partial charge in [-0.3, -0.25) is 9.59 Å². The lowest BCUT2D eigenvalue weighted by Gasteiger charge is -2.24. The van der Waals surface area contributed by atoms with Crippen molar-refractivity contribution < 1.29 is 19.4 Å². The summed E-state index contributed by atoms with van der Waals surface area (Å²) in [6.07, 6.45) is -0.630. The van der Waals surface area contributed by atoms with Crippen LogP contribution < -0.4 is 0 Å². The zero-order valence-corrected chi connectivity index (χ0v) is 11.9. The Labute approximate surface area is 119 Å². The lowest BCUT2D eigenvalue weighted by atomic mass is 10.2. The molecule has 0 aliphatic rings. The molecule has 20 heavy (non-hydrogen) atoms. The van der Waals surface area contributed by atoms with Crippen molar-refractivity contribution in [2.45, 2.75) is 33.0 Å². The molecule has 0 aliphatic carbocycles. The molecule has 0 aromatic heterocycles. The molecule has 110 valence electrons. The van der Waals surface area contributed by atoms with E-state index in [4.69, 9.17) is 9.84 Å². The molecule has 1 amide bonds. The average molecular weight is 279 g/mol. The first-order valence-corrected chi connectivity index (χ1v) is 6.70. The minimum Gasteiger partial charge on any atom is -0.481 e. The van der Waals surface area contributed by atoms with Crippen molar-refractivity contribution in [3.05, 3.63) is 35.9 Å². The van der Waals surface area contributed by atoms with Crippen molar-refractivity contribution in [3.8, 4) is 0 Å². The molecule has 1 rings (SSSR count). The molecular weight excluding hydrogens is 258 g/mol. The number of likely N-dealkylation sites (N-methyl/N-ethyl adjacent to an activating group) is 1. The predicted molar refractivity (Wildman–Crippen MR) is 75.2 cm³/mol. The summed E-state index contributed by atoms with van der Waals surface area (Å²) in [5, 5.41) is 8.66. The van der Waals surface area contributed by atoms with Crippen LogP contribution in [0.3, 0.4) is 0 Å². The standard InChI is InChI=1S/C15H21NO4/c1-3-16(10-9-14(17)18)15(19)12(2)20-11-13-7-5-4-6-8-13/h4-8,12H,3,9-11H2,1-2H3,(H,17,18). The van der Waals surface area contributed by atoms with Gasteiger partial charge >= 0.3 is 5.97 Å². The van der Waals surface area contributed by atoms with Gasteiger partial charge in [0.25, 0.3) is 5.91 Å². The second-order valence-corrected chi connectivity index (χ2v) is 4.50. The summed E-state index contributed by atoms with van der Waals surface area (Å²) in [5.41, 5.74) is 1.00. The highest BCUT2D eigenvalue weighted by atomic mass is 16.5. The molecule has 0 spiro atoms. The molecule has 0 radical (unpaired) electrons. The molecule has 1 N–H and O–H groups in total. The van der Waals surface area contributed by atoms with Gasteiger partial charge in [0.05, 0.1) is 13.0 Å². The predicted octanol–water partition coefficient (Wildman–Crippen LogP) is 1.91. The molecule has 0 saturated heterocycles. The molecule has 0 aliphatic heterocycles. The summed E-state index contributed by atoms with van der Waals surface area (Å²) in [6, 6.07) is 9.61. The Morgan fingerprint density at radius 1 is 1.30 bits per heavy atom. The summed E-state index contributed by atoms with van der Waals surface area (Å²) >= 11 is 0. The normalized spacial score (nSPS) is 11.9. The van der Waals surface area contributed by atoms with Crippen LogP contribution in [0.25, 0.3) is 0 Å².